The number of rotatable bonds is 4. The van der Waals surface area contributed by atoms with E-state index < -0.39 is 0 Å². The third kappa shape index (κ3) is 3.15. The van der Waals surface area contributed by atoms with E-state index in [9.17, 15) is 4.79 Å². The quantitative estimate of drug-likeness (QED) is 0.778. The molecule has 98 valence electrons. The Morgan fingerprint density at radius 3 is 2.58 bits per heavy atom. The number of halogens is 1. The van der Waals surface area contributed by atoms with Gasteiger partial charge in [-0.2, -0.15) is 0 Å². The fraction of sp³-hybridized carbons (Fsp3) is 0.188. The van der Waals surface area contributed by atoms with Gasteiger partial charge in [-0.3, -0.25) is 4.79 Å². The number of ketones is 1. The van der Waals surface area contributed by atoms with Crippen LogP contribution in [0.4, 0.5) is 0 Å². The largest absolute Gasteiger partial charge is 0.494 e. The molecule has 0 fully saturated rings. The van der Waals surface area contributed by atoms with Gasteiger partial charge >= 0.3 is 0 Å². The van der Waals surface area contributed by atoms with Gasteiger partial charge in [-0.15, -0.1) is 0 Å². The Kier molecular flexibility index (Phi) is 4.23. The maximum Gasteiger partial charge on any atom is 0.193 e. The molecule has 0 spiro atoms. The Morgan fingerprint density at radius 2 is 1.89 bits per heavy atom. The van der Waals surface area contributed by atoms with Crippen LogP contribution in [-0.4, -0.2) is 12.4 Å². The average molecular weight is 275 g/mol. The maximum absolute atomic E-state index is 12.4. The summed E-state index contributed by atoms with van der Waals surface area (Å²) in [5, 5.41) is 0.604. The van der Waals surface area contributed by atoms with Crippen LogP contribution in [0.25, 0.3) is 0 Å². The average Bonchev–Trinajstić information content (AvgIpc) is 2.42. The zero-order chi connectivity index (χ0) is 13.8. The minimum Gasteiger partial charge on any atom is -0.494 e. The molecule has 0 amide bonds. The van der Waals surface area contributed by atoms with Crippen molar-refractivity contribution >= 4 is 17.4 Å². The number of aryl methyl sites for hydroxylation is 1. The molecule has 0 aliphatic carbocycles. The summed E-state index contributed by atoms with van der Waals surface area (Å²) in [5.74, 6) is 0.648. The second kappa shape index (κ2) is 5.89. The van der Waals surface area contributed by atoms with Gasteiger partial charge in [0.05, 0.1) is 6.61 Å². The molecule has 3 heteroatoms. The van der Waals surface area contributed by atoms with Gasteiger partial charge in [-0.1, -0.05) is 35.9 Å². The van der Waals surface area contributed by atoms with Crippen molar-refractivity contribution in [3.8, 4) is 5.75 Å². The summed E-state index contributed by atoms with van der Waals surface area (Å²) in [5.41, 5.74) is 2.15. The van der Waals surface area contributed by atoms with Gasteiger partial charge in [0.25, 0.3) is 0 Å². The van der Waals surface area contributed by atoms with Crippen LogP contribution in [0, 0.1) is 6.92 Å². The van der Waals surface area contributed by atoms with Crippen LogP contribution in [0.15, 0.2) is 42.5 Å². The summed E-state index contributed by atoms with van der Waals surface area (Å²) in [6, 6.07) is 12.5. The first-order valence-electron chi connectivity index (χ1n) is 6.15. The van der Waals surface area contributed by atoms with Gasteiger partial charge in [0.1, 0.15) is 5.75 Å². The smallest absolute Gasteiger partial charge is 0.193 e. The maximum atomic E-state index is 12.4. The molecular formula is C16H15ClO2. The lowest BCUT2D eigenvalue weighted by molar-refractivity contribution is 0.103. The molecule has 0 aromatic heterocycles. The van der Waals surface area contributed by atoms with Crippen LogP contribution in [-0.2, 0) is 0 Å². The highest BCUT2D eigenvalue weighted by Crippen LogP contribution is 2.21. The third-order valence-corrected chi connectivity index (χ3v) is 3.25. The van der Waals surface area contributed by atoms with Crippen LogP contribution in [0.5, 0.6) is 5.75 Å². The molecule has 2 aromatic rings. The Labute approximate surface area is 118 Å². The van der Waals surface area contributed by atoms with Crippen LogP contribution in [0.2, 0.25) is 5.02 Å². The van der Waals surface area contributed by atoms with Crippen molar-refractivity contribution in [2.45, 2.75) is 13.8 Å². The van der Waals surface area contributed by atoms with Gasteiger partial charge in [0.15, 0.2) is 5.78 Å². The molecule has 2 nitrogen and oxygen atoms in total. The molecule has 0 radical (unpaired) electrons. The molecule has 0 aliphatic heterocycles. The van der Waals surface area contributed by atoms with Gasteiger partial charge < -0.3 is 4.74 Å². The van der Waals surface area contributed by atoms with Crippen LogP contribution < -0.4 is 4.74 Å². The highest BCUT2D eigenvalue weighted by atomic mass is 35.5. The predicted octanol–water partition coefficient (Wildman–Crippen LogP) is 4.28. The van der Waals surface area contributed by atoms with Crippen molar-refractivity contribution in [1.29, 1.82) is 0 Å². The zero-order valence-corrected chi connectivity index (χ0v) is 11.7. The zero-order valence-electron chi connectivity index (χ0n) is 10.9. The highest BCUT2D eigenvalue weighted by molar-refractivity contribution is 6.31. The van der Waals surface area contributed by atoms with E-state index in [2.05, 4.69) is 0 Å². The molecule has 0 atom stereocenters. The van der Waals surface area contributed by atoms with E-state index in [0.717, 1.165) is 5.56 Å². The third-order valence-electron chi connectivity index (χ3n) is 2.84. The van der Waals surface area contributed by atoms with E-state index in [1.54, 1.807) is 24.3 Å². The van der Waals surface area contributed by atoms with Crippen molar-refractivity contribution in [1.82, 2.24) is 0 Å². The number of ether oxygens (including phenoxy) is 1. The molecular weight excluding hydrogens is 260 g/mol. The first-order chi connectivity index (χ1) is 9.11. The molecule has 2 rings (SSSR count). The van der Waals surface area contributed by atoms with Crippen LogP contribution in [0.3, 0.4) is 0 Å². The van der Waals surface area contributed by atoms with E-state index in [1.165, 1.54) is 0 Å². The second-order valence-electron chi connectivity index (χ2n) is 4.25. The lowest BCUT2D eigenvalue weighted by atomic mass is 10.0. The van der Waals surface area contributed by atoms with Crippen molar-refractivity contribution in [2.75, 3.05) is 6.61 Å². The fourth-order valence-electron chi connectivity index (χ4n) is 1.79. The normalized spacial score (nSPS) is 10.3. The van der Waals surface area contributed by atoms with Crippen molar-refractivity contribution in [3.05, 3.63) is 64.2 Å². The van der Waals surface area contributed by atoms with Crippen molar-refractivity contribution in [2.24, 2.45) is 0 Å². The fourth-order valence-corrected chi connectivity index (χ4v) is 1.98. The van der Waals surface area contributed by atoms with E-state index >= 15 is 0 Å². The molecule has 19 heavy (non-hydrogen) atoms. The van der Waals surface area contributed by atoms with Crippen LogP contribution >= 0.6 is 11.6 Å². The second-order valence-corrected chi connectivity index (χ2v) is 4.66. The molecule has 0 bridgehead atoms. The summed E-state index contributed by atoms with van der Waals surface area (Å²) in [6.07, 6.45) is 0. The number of hydrogen-bond acceptors (Lipinski definition) is 2. The highest BCUT2D eigenvalue weighted by Gasteiger charge is 2.11. The lowest BCUT2D eigenvalue weighted by Gasteiger charge is -2.06. The van der Waals surface area contributed by atoms with Gasteiger partial charge in [0, 0.05) is 16.1 Å². The van der Waals surface area contributed by atoms with E-state index in [-0.39, 0.29) is 5.78 Å². The van der Waals surface area contributed by atoms with Gasteiger partial charge in [0.2, 0.25) is 0 Å². The van der Waals surface area contributed by atoms with Gasteiger partial charge in [-0.25, -0.2) is 0 Å². The lowest BCUT2D eigenvalue weighted by Crippen LogP contribution is -2.02. The molecule has 0 N–H and O–H groups in total. The molecule has 0 unspecified atom stereocenters. The topological polar surface area (TPSA) is 26.3 Å². The Hall–Kier alpha value is -1.80. The first-order valence-corrected chi connectivity index (χ1v) is 6.53. The molecule has 2 aromatic carbocycles. The summed E-state index contributed by atoms with van der Waals surface area (Å²) >= 11 is 6.05. The van der Waals surface area contributed by atoms with Gasteiger partial charge in [-0.05, 0) is 37.6 Å². The number of carbonyl (C=O) groups excluding carboxylic acids is 1. The Bertz CT molecular complexity index is 605. The molecule has 0 saturated heterocycles. The van der Waals surface area contributed by atoms with Crippen molar-refractivity contribution in [3.63, 3.8) is 0 Å². The predicted molar refractivity (Wildman–Crippen MR) is 77.2 cm³/mol. The summed E-state index contributed by atoms with van der Waals surface area (Å²) in [4.78, 5) is 12.4. The SMILES string of the molecule is CCOc1cccc(C(=O)c2ccc(C)c(Cl)c2)c1. The Balaban J connectivity index is 2.32. The summed E-state index contributed by atoms with van der Waals surface area (Å²) < 4.78 is 5.40. The minimum absolute atomic E-state index is 0.0524. The first kappa shape index (κ1) is 13.6. The molecule has 0 saturated carbocycles. The standard InChI is InChI=1S/C16H15ClO2/c1-3-19-14-6-4-5-12(9-14)16(18)13-8-7-11(2)15(17)10-13/h4-10H,3H2,1-2H3. The molecule has 0 heterocycles. The summed E-state index contributed by atoms with van der Waals surface area (Å²) in [6.45, 7) is 4.40. The Morgan fingerprint density at radius 1 is 1.16 bits per heavy atom. The van der Waals surface area contributed by atoms with E-state index in [1.807, 2.05) is 32.0 Å². The number of benzene rings is 2. The van der Waals surface area contributed by atoms with Crippen molar-refractivity contribution < 1.29 is 9.53 Å². The van der Waals surface area contributed by atoms with E-state index in [0.29, 0.717) is 28.5 Å². The molecule has 0 aliphatic rings. The number of carbonyl (C=O) groups is 1. The van der Waals surface area contributed by atoms with Crippen LogP contribution in [0.1, 0.15) is 28.4 Å². The monoisotopic (exact) mass is 274 g/mol. The minimum atomic E-state index is -0.0524. The number of hydrogen-bond donors (Lipinski definition) is 0. The van der Waals surface area contributed by atoms with E-state index in [4.69, 9.17) is 16.3 Å². The summed E-state index contributed by atoms with van der Waals surface area (Å²) in [7, 11) is 0.